The monoisotopic (exact) mass is 361 g/mol. The summed E-state index contributed by atoms with van der Waals surface area (Å²) in [4.78, 5) is 31.6. The number of fused-ring (bicyclic) bond motifs is 1. The number of anilines is 1. The van der Waals surface area contributed by atoms with Crippen LogP contribution in [0.25, 0.3) is 11.4 Å². The van der Waals surface area contributed by atoms with Crippen LogP contribution in [0.5, 0.6) is 0 Å². The van der Waals surface area contributed by atoms with Gasteiger partial charge >= 0.3 is 5.97 Å². The summed E-state index contributed by atoms with van der Waals surface area (Å²) >= 11 is 0. The van der Waals surface area contributed by atoms with E-state index in [1.807, 2.05) is 47.4 Å². The second kappa shape index (κ2) is 7.07. The van der Waals surface area contributed by atoms with E-state index in [9.17, 15) is 9.59 Å². The van der Waals surface area contributed by atoms with E-state index in [2.05, 4.69) is 17.1 Å². The Morgan fingerprint density at radius 2 is 1.67 bits per heavy atom. The fourth-order valence-corrected chi connectivity index (χ4v) is 3.36. The molecule has 1 aliphatic rings. The Bertz CT molecular complexity index is 1020. The summed E-state index contributed by atoms with van der Waals surface area (Å²) in [6, 6.07) is 17.5. The van der Waals surface area contributed by atoms with Crippen molar-refractivity contribution >= 4 is 11.7 Å². The molecule has 0 N–H and O–H groups in total. The lowest BCUT2D eigenvalue weighted by Crippen LogP contribution is -2.32. The van der Waals surface area contributed by atoms with Crippen molar-refractivity contribution in [1.82, 2.24) is 9.55 Å². The fraction of sp³-hybridized carbons (Fsp3) is 0.190. The van der Waals surface area contributed by atoms with Gasteiger partial charge in [-0.2, -0.15) is 0 Å². The molecular formula is C21H19N3O3. The average Bonchev–Trinajstić information content (AvgIpc) is 3.13. The molecule has 0 saturated heterocycles. The molecule has 0 saturated carbocycles. The predicted molar refractivity (Wildman–Crippen MR) is 102 cm³/mol. The zero-order chi connectivity index (χ0) is 18.8. The van der Waals surface area contributed by atoms with Crippen LogP contribution >= 0.6 is 0 Å². The molecule has 2 heterocycles. The van der Waals surface area contributed by atoms with E-state index in [0.29, 0.717) is 24.6 Å². The molecule has 0 amide bonds. The Balaban J connectivity index is 1.78. The largest absolute Gasteiger partial charge is 0.468 e. The predicted octanol–water partition coefficient (Wildman–Crippen LogP) is 2.60. The van der Waals surface area contributed by atoms with Crippen molar-refractivity contribution in [3.8, 4) is 11.4 Å². The minimum absolute atomic E-state index is 0.179. The molecule has 3 aromatic rings. The molecule has 6 heteroatoms. The zero-order valence-corrected chi connectivity index (χ0v) is 15.0. The molecule has 0 fully saturated rings. The number of aromatic nitrogens is 2. The standard InChI is InChI=1S/C21H19N3O3/c1-27-19(25)14-24-20(15-7-3-2-4-8-15)22-11-18(21(24)26)23-12-16-9-5-6-10-17(16)13-23/h2-11H,12-14H2,1H3. The zero-order valence-electron chi connectivity index (χ0n) is 15.0. The molecule has 0 spiro atoms. The third-order valence-corrected chi connectivity index (χ3v) is 4.76. The van der Waals surface area contributed by atoms with Crippen LogP contribution in [0.2, 0.25) is 0 Å². The molecule has 0 unspecified atom stereocenters. The molecule has 0 aliphatic carbocycles. The number of benzene rings is 2. The SMILES string of the molecule is COC(=O)Cn1c(-c2ccccc2)ncc(N2Cc3ccccc3C2)c1=O. The molecule has 136 valence electrons. The topological polar surface area (TPSA) is 64.4 Å². The minimum Gasteiger partial charge on any atom is -0.468 e. The number of carbonyl (C=O) groups excluding carboxylic acids is 1. The molecule has 1 aromatic heterocycles. The van der Waals surface area contributed by atoms with Gasteiger partial charge in [-0.15, -0.1) is 0 Å². The van der Waals surface area contributed by atoms with E-state index >= 15 is 0 Å². The smallest absolute Gasteiger partial charge is 0.325 e. The average molecular weight is 361 g/mol. The van der Waals surface area contributed by atoms with Crippen LogP contribution in [0.15, 0.2) is 65.6 Å². The minimum atomic E-state index is -0.488. The van der Waals surface area contributed by atoms with Gasteiger partial charge in [-0.05, 0) is 11.1 Å². The summed E-state index contributed by atoms with van der Waals surface area (Å²) < 4.78 is 6.16. The Kier molecular flexibility index (Phi) is 4.46. The highest BCUT2D eigenvalue weighted by Gasteiger charge is 2.23. The second-order valence-corrected chi connectivity index (χ2v) is 6.43. The third-order valence-electron chi connectivity index (χ3n) is 4.76. The normalized spacial score (nSPS) is 12.7. The van der Waals surface area contributed by atoms with Gasteiger partial charge in [0.25, 0.3) is 5.56 Å². The van der Waals surface area contributed by atoms with E-state index < -0.39 is 5.97 Å². The number of hydrogen-bond donors (Lipinski definition) is 0. The van der Waals surface area contributed by atoms with Crippen molar-refractivity contribution in [2.45, 2.75) is 19.6 Å². The van der Waals surface area contributed by atoms with Gasteiger partial charge in [-0.3, -0.25) is 14.2 Å². The summed E-state index contributed by atoms with van der Waals surface area (Å²) in [7, 11) is 1.31. The van der Waals surface area contributed by atoms with Gasteiger partial charge in [0, 0.05) is 18.7 Å². The first-order valence-corrected chi connectivity index (χ1v) is 8.71. The van der Waals surface area contributed by atoms with Crippen molar-refractivity contribution in [1.29, 1.82) is 0 Å². The van der Waals surface area contributed by atoms with E-state index in [4.69, 9.17) is 4.74 Å². The lowest BCUT2D eigenvalue weighted by Gasteiger charge is -2.19. The molecule has 4 rings (SSSR count). The highest BCUT2D eigenvalue weighted by Crippen LogP contribution is 2.26. The van der Waals surface area contributed by atoms with Crippen molar-refractivity contribution in [3.63, 3.8) is 0 Å². The maximum absolute atomic E-state index is 13.2. The van der Waals surface area contributed by atoms with Gasteiger partial charge in [0.1, 0.15) is 18.1 Å². The number of methoxy groups -OCH3 is 1. The number of ether oxygens (including phenoxy) is 1. The number of esters is 1. The highest BCUT2D eigenvalue weighted by atomic mass is 16.5. The van der Waals surface area contributed by atoms with E-state index in [1.165, 1.54) is 22.8 Å². The van der Waals surface area contributed by atoms with Gasteiger partial charge in [0.2, 0.25) is 0 Å². The first-order chi connectivity index (χ1) is 13.2. The number of rotatable bonds is 4. The first kappa shape index (κ1) is 17.0. The van der Waals surface area contributed by atoms with Crippen LogP contribution in [0, 0.1) is 0 Å². The van der Waals surface area contributed by atoms with E-state index in [1.54, 1.807) is 6.20 Å². The van der Waals surface area contributed by atoms with Gasteiger partial charge in [0.05, 0.1) is 13.3 Å². The van der Waals surface area contributed by atoms with Crippen LogP contribution in [-0.4, -0.2) is 22.6 Å². The van der Waals surface area contributed by atoms with Crippen LogP contribution in [0.1, 0.15) is 11.1 Å². The Labute approximate surface area is 156 Å². The van der Waals surface area contributed by atoms with Crippen molar-refractivity contribution in [3.05, 3.63) is 82.3 Å². The molecule has 0 bridgehead atoms. The lowest BCUT2D eigenvalue weighted by molar-refractivity contribution is -0.141. The first-order valence-electron chi connectivity index (χ1n) is 8.71. The molecule has 2 aromatic carbocycles. The molecular weight excluding hydrogens is 342 g/mol. The molecule has 0 atom stereocenters. The van der Waals surface area contributed by atoms with E-state index in [-0.39, 0.29) is 12.1 Å². The van der Waals surface area contributed by atoms with Crippen LogP contribution in [0.4, 0.5) is 5.69 Å². The Morgan fingerprint density at radius 3 is 2.30 bits per heavy atom. The number of nitrogens with zero attached hydrogens (tertiary/aromatic N) is 3. The highest BCUT2D eigenvalue weighted by molar-refractivity contribution is 5.70. The summed E-state index contributed by atoms with van der Waals surface area (Å²) in [5.74, 6) is -0.0376. The van der Waals surface area contributed by atoms with Crippen molar-refractivity contribution in [2.24, 2.45) is 0 Å². The van der Waals surface area contributed by atoms with Crippen LogP contribution in [-0.2, 0) is 29.2 Å². The quantitative estimate of drug-likeness (QED) is 0.669. The summed E-state index contributed by atoms with van der Waals surface area (Å²) in [5, 5.41) is 0. The van der Waals surface area contributed by atoms with Crippen LogP contribution < -0.4 is 10.5 Å². The molecule has 0 radical (unpaired) electrons. The number of carbonyl (C=O) groups is 1. The van der Waals surface area contributed by atoms with E-state index in [0.717, 1.165) is 5.56 Å². The van der Waals surface area contributed by atoms with Gasteiger partial charge in [0.15, 0.2) is 0 Å². The summed E-state index contributed by atoms with van der Waals surface area (Å²) in [5.41, 5.74) is 3.40. The second-order valence-electron chi connectivity index (χ2n) is 6.43. The van der Waals surface area contributed by atoms with Gasteiger partial charge in [-0.25, -0.2) is 4.98 Å². The molecule has 1 aliphatic heterocycles. The van der Waals surface area contributed by atoms with Crippen molar-refractivity contribution < 1.29 is 9.53 Å². The maximum atomic E-state index is 13.2. The number of hydrogen-bond acceptors (Lipinski definition) is 5. The summed E-state index contributed by atoms with van der Waals surface area (Å²) in [6.45, 7) is 1.12. The fourth-order valence-electron chi connectivity index (χ4n) is 3.36. The molecule has 6 nitrogen and oxygen atoms in total. The summed E-state index contributed by atoms with van der Waals surface area (Å²) in [6.07, 6.45) is 1.60. The lowest BCUT2D eigenvalue weighted by atomic mass is 10.1. The Morgan fingerprint density at radius 1 is 1.04 bits per heavy atom. The van der Waals surface area contributed by atoms with Gasteiger partial charge in [-0.1, -0.05) is 54.6 Å². The van der Waals surface area contributed by atoms with Gasteiger partial charge < -0.3 is 9.64 Å². The Hall–Kier alpha value is -3.41. The molecule has 27 heavy (non-hydrogen) atoms. The van der Waals surface area contributed by atoms with Crippen LogP contribution in [0.3, 0.4) is 0 Å². The third kappa shape index (κ3) is 3.21. The maximum Gasteiger partial charge on any atom is 0.325 e. The van der Waals surface area contributed by atoms with Crippen molar-refractivity contribution in [2.75, 3.05) is 12.0 Å².